The number of nitrogens with zero attached hydrogens (tertiary/aromatic N) is 1. The van der Waals surface area contributed by atoms with Crippen molar-refractivity contribution >= 4 is 23.2 Å². The number of hydrogen-bond donors (Lipinski definition) is 1. The Morgan fingerprint density at radius 3 is 3.00 bits per heavy atom. The monoisotopic (exact) mass is 194 g/mol. The topological polar surface area (TPSA) is 28.1 Å². The lowest BCUT2D eigenvalue weighted by atomic mass is 10.1. The zero-order chi connectivity index (χ0) is 10.1. The summed E-state index contributed by atoms with van der Waals surface area (Å²) in [7, 11) is 0. The summed E-state index contributed by atoms with van der Waals surface area (Å²) in [6, 6.07) is 8.26. The largest absolute Gasteiger partial charge is 0.354 e. The van der Waals surface area contributed by atoms with Crippen LogP contribution >= 0.6 is 0 Å². The molecule has 3 rings (SSSR count). The van der Waals surface area contributed by atoms with Gasteiger partial charge in [-0.3, -0.25) is 4.99 Å². The third-order valence-corrected chi connectivity index (χ3v) is 2.53. The van der Waals surface area contributed by atoms with E-state index in [0.29, 0.717) is 0 Å². The Hall–Kier alpha value is -2.09. The Morgan fingerprint density at radius 1 is 1.07 bits per heavy atom. The van der Waals surface area contributed by atoms with Gasteiger partial charge >= 0.3 is 0 Å². The zero-order valence-corrected chi connectivity index (χ0v) is 8.14. The van der Waals surface area contributed by atoms with E-state index in [1.165, 1.54) is 5.39 Å². The second-order valence-corrected chi connectivity index (χ2v) is 3.48. The third-order valence-electron chi connectivity index (χ3n) is 2.53. The quantitative estimate of drug-likeness (QED) is 0.667. The van der Waals surface area contributed by atoms with Crippen LogP contribution in [0.2, 0.25) is 0 Å². The first-order valence-corrected chi connectivity index (χ1v) is 4.92. The van der Waals surface area contributed by atoms with Crippen molar-refractivity contribution in [3.63, 3.8) is 0 Å². The maximum absolute atomic E-state index is 4.22. The summed E-state index contributed by atoms with van der Waals surface area (Å²) in [5.74, 6) is 0. The second kappa shape index (κ2) is 3.24. The minimum Gasteiger partial charge on any atom is -0.354 e. The van der Waals surface area contributed by atoms with Crippen molar-refractivity contribution in [2.24, 2.45) is 4.99 Å². The molecule has 1 N–H and O–H groups in total. The molecule has 2 heterocycles. The molecule has 0 spiro atoms. The first kappa shape index (κ1) is 8.24. The predicted octanol–water partition coefficient (Wildman–Crippen LogP) is 3.13. The molecule has 1 aromatic carbocycles. The van der Waals surface area contributed by atoms with E-state index in [9.17, 15) is 0 Å². The van der Waals surface area contributed by atoms with E-state index >= 15 is 0 Å². The van der Waals surface area contributed by atoms with Crippen LogP contribution in [0.1, 0.15) is 11.3 Å². The lowest BCUT2D eigenvalue weighted by Gasteiger charge is -1.93. The first-order valence-electron chi connectivity index (χ1n) is 4.92. The molecule has 1 aromatic heterocycles. The number of aliphatic imine (C=N–C) groups is 1. The number of rotatable bonds is 0. The normalized spacial score (nSPS) is 18.1. The maximum atomic E-state index is 4.22. The number of hydrogen-bond acceptors (Lipinski definition) is 1. The van der Waals surface area contributed by atoms with E-state index in [1.807, 2.05) is 30.5 Å². The molecule has 72 valence electrons. The number of fused-ring (bicyclic) bond motifs is 3. The van der Waals surface area contributed by atoms with Gasteiger partial charge in [0.15, 0.2) is 0 Å². The number of H-pyrrole nitrogens is 1. The van der Waals surface area contributed by atoms with Gasteiger partial charge in [-0.2, -0.15) is 0 Å². The molecule has 0 fully saturated rings. The van der Waals surface area contributed by atoms with Crippen LogP contribution in [-0.4, -0.2) is 11.2 Å². The average molecular weight is 194 g/mol. The molecule has 0 bridgehead atoms. The highest BCUT2D eigenvalue weighted by Gasteiger charge is 2.06. The number of para-hydroxylation sites is 1. The summed E-state index contributed by atoms with van der Waals surface area (Å²) >= 11 is 0. The fourth-order valence-corrected chi connectivity index (χ4v) is 1.82. The van der Waals surface area contributed by atoms with Crippen molar-refractivity contribution in [1.29, 1.82) is 0 Å². The summed E-state index contributed by atoms with van der Waals surface area (Å²) in [5, 5.41) is 1.22. The fraction of sp³-hybridized carbons (Fsp3) is 0. The number of aromatic amines is 1. The number of benzene rings is 1. The van der Waals surface area contributed by atoms with Crippen LogP contribution in [0.3, 0.4) is 0 Å². The lowest BCUT2D eigenvalue weighted by Crippen LogP contribution is -1.83. The van der Waals surface area contributed by atoms with Gasteiger partial charge in [-0.15, -0.1) is 0 Å². The van der Waals surface area contributed by atoms with Crippen LogP contribution in [0.25, 0.3) is 17.0 Å². The first-order chi connectivity index (χ1) is 7.45. The van der Waals surface area contributed by atoms with Crippen molar-refractivity contribution in [3.05, 3.63) is 53.9 Å². The maximum Gasteiger partial charge on any atom is 0.0480 e. The standard InChI is InChI=1S/C13H10N2/c1-2-6-12-10(5-1)11-9-14-8-4-3-7-13(11)15-12/h1-9,15H/b4-3?,7-3-,8-4-,11-9?,13-7?,14-8?,14-9?. The molecule has 2 heteroatoms. The molecule has 0 saturated carbocycles. The third kappa shape index (κ3) is 1.31. The van der Waals surface area contributed by atoms with Crippen molar-refractivity contribution in [3.8, 4) is 0 Å². The molecule has 1 aliphatic heterocycles. The van der Waals surface area contributed by atoms with Gasteiger partial charge < -0.3 is 4.98 Å². The summed E-state index contributed by atoms with van der Waals surface area (Å²) in [5.41, 5.74) is 3.43. The van der Waals surface area contributed by atoms with Crippen LogP contribution in [0, 0.1) is 0 Å². The SMILES string of the molecule is C1=N/C=C\C=C/c2[nH]c3ccccc3c21. The molecule has 2 aromatic rings. The molecule has 0 aliphatic carbocycles. The zero-order valence-electron chi connectivity index (χ0n) is 8.14. The van der Waals surface area contributed by atoms with Gasteiger partial charge in [0, 0.05) is 34.6 Å². The molecule has 0 amide bonds. The van der Waals surface area contributed by atoms with Crippen molar-refractivity contribution in [2.75, 3.05) is 0 Å². The van der Waals surface area contributed by atoms with Crippen LogP contribution in [0.4, 0.5) is 0 Å². The molecule has 0 saturated heterocycles. The molecule has 2 nitrogen and oxygen atoms in total. The average Bonchev–Trinajstić information content (AvgIpc) is 2.55. The Kier molecular flexibility index (Phi) is 1.78. The molecule has 1 aliphatic rings. The summed E-state index contributed by atoms with van der Waals surface area (Å²) in [6.45, 7) is 0. The van der Waals surface area contributed by atoms with Crippen LogP contribution in [-0.2, 0) is 0 Å². The Bertz CT molecular complexity index is 586. The van der Waals surface area contributed by atoms with Crippen molar-refractivity contribution < 1.29 is 0 Å². The highest BCUT2D eigenvalue weighted by Crippen LogP contribution is 2.22. The van der Waals surface area contributed by atoms with E-state index in [2.05, 4.69) is 28.2 Å². The van der Waals surface area contributed by atoms with E-state index in [1.54, 1.807) is 6.20 Å². The van der Waals surface area contributed by atoms with E-state index in [4.69, 9.17) is 0 Å². The van der Waals surface area contributed by atoms with Gasteiger partial charge in [0.2, 0.25) is 0 Å². The Labute approximate surface area is 87.7 Å². The van der Waals surface area contributed by atoms with Gasteiger partial charge in [-0.25, -0.2) is 0 Å². The van der Waals surface area contributed by atoms with Gasteiger partial charge in [-0.05, 0) is 18.2 Å². The molecular weight excluding hydrogens is 184 g/mol. The lowest BCUT2D eigenvalue weighted by molar-refractivity contribution is 1.42. The predicted molar refractivity (Wildman–Crippen MR) is 64.1 cm³/mol. The van der Waals surface area contributed by atoms with Gasteiger partial charge in [0.05, 0.1) is 0 Å². The highest BCUT2D eigenvalue weighted by molar-refractivity contribution is 6.03. The van der Waals surface area contributed by atoms with Crippen LogP contribution in [0.5, 0.6) is 0 Å². The summed E-state index contributed by atoms with van der Waals surface area (Å²) in [6.07, 6.45) is 9.67. The molecule has 0 unspecified atom stereocenters. The van der Waals surface area contributed by atoms with E-state index in [-0.39, 0.29) is 0 Å². The second-order valence-electron chi connectivity index (χ2n) is 3.48. The van der Waals surface area contributed by atoms with Gasteiger partial charge in [0.25, 0.3) is 0 Å². The van der Waals surface area contributed by atoms with Crippen molar-refractivity contribution in [2.45, 2.75) is 0 Å². The number of nitrogens with one attached hydrogen (secondary N) is 1. The van der Waals surface area contributed by atoms with Crippen LogP contribution in [0.15, 0.2) is 47.6 Å². The molecular formula is C13H10N2. The molecule has 0 radical (unpaired) electrons. The number of aromatic nitrogens is 1. The van der Waals surface area contributed by atoms with Crippen molar-refractivity contribution in [1.82, 2.24) is 4.98 Å². The smallest absolute Gasteiger partial charge is 0.0480 e. The van der Waals surface area contributed by atoms with Gasteiger partial charge in [0.1, 0.15) is 0 Å². The summed E-state index contributed by atoms with van der Waals surface area (Å²) in [4.78, 5) is 7.59. The Morgan fingerprint density at radius 2 is 2.00 bits per heavy atom. The van der Waals surface area contributed by atoms with E-state index in [0.717, 1.165) is 16.8 Å². The van der Waals surface area contributed by atoms with E-state index < -0.39 is 0 Å². The minimum atomic E-state index is 1.12. The Balaban J connectivity index is 2.36. The summed E-state index contributed by atoms with van der Waals surface area (Å²) < 4.78 is 0. The molecule has 15 heavy (non-hydrogen) atoms. The van der Waals surface area contributed by atoms with Crippen LogP contribution < -0.4 is 0 Å². The number of allylic oxidation sites excluding steroid dienone is 2. The minimum absolute atomic E-state index is 1.12. The van der Waals surface area contributed by atoms with Gasteiger partial charge in [-0.1, -0.05) is 24.3 Å². The highest BCUT2D eigenvalue weighted by atomic mass is 14.7. The molecule has 0 atom stereocenters. The fourth-order valence-electron chi connectivity index (χ4n) is 1.82.